The number of ether oxygens (including phenoxy) is 2. The minimum Gasteiger partial charge on any atom is -0.497 e. The van der Waals surface area contributed by atoms with Crippen molar-refractivity contribution in [1.29, 1.82) is 0 Å². The van der Waals surface area contributed by atoms with Gasteiger partial charge in [0, 0.05) is 11.1 Å². The Kier molecular flexibility index (Phi) is 6.85. The lowest BCUT2D eigenvalue weighted by atomic mass is 10.0. The van der Waals surface area contributed by atoms with Crippen molar-refractivity contribution in [3.8, 4) is 11.5 Å². The zero-order valence-corrected chi connectivity index (χ0v) is 19.9. The zero-order valence-electron chi connectivity index (χ0n) is 19.9. The molecule has 6 heteroatoms. The lowest BCUT2D eigenvalue weighted by molar-refractivity contribution is 0.104. The molecule has 0 N–H and O–H groups in total. The normalized spacial score (nSPS) is 11.1. The Bertz CT molecular complexity index is 1510. The molecule has 0 saturated carbocycles. The van der Waals surface area contributed by atoms with Crippen LogP contribution in [0.2, 0.25) is 0 Å². The smallest absolute Gasteiger partial charge is 0.185 e. The third-order valence-electron chi connectivity index (χ3n) is 5.86. The number of aromatic nitrogens is 3. The van der Waals surface area contributed by atoms with Crippen molar-refractivity contribution in [2.45, 2.75) is 13.2 Å². The van der Waals surface area contributed by atoms with Crippen LogP contribution in [-0.4, -0.2) is 27.9 Å². The fourth-order valence-corrected chi connectivity index (χ4v) is 3.99. The van der Waals surface area contributed by atoms with Crippen molar-refractivity contribution < 1.29 is 14.3 Å². The van der Waals surface area contributed by atoms with E-state index in [9.17, 15) is 4.79 Å². The van der Waals surface area contributed by atoms with E-state index in [-0.39, 0.29) is 12.4 Å². The first kappa shape index (κ1) is 23.1. The summed E-state index contributed by atoms with van der Waals surface area (Å²) in [6, 6.07) is 29.1. The first-order chi connectivity index (χ1) is 17.7. The first-order valence-corrected chi connectivity index (χ1v) is 11.6. The van der Waals surface area contributed by atoms with Crippen LogP contribution in [0.15, 0.2) is 103 Å². The molecule has 0 aliphatic rings. The van der Waals surface area contributed by atoms with Crippen molar-refractivity contribution in [3.05, 3.63) is 126 Å². The van der Waals surface area contributed by atoms with Gasteiger partial charge in [-0.3, -0.25) is 4.79 Å². The van der Waals surface area contributed by atoms with Crippen molar-refractivity contribution in [1.82, 2.24) is 15.0 Å². The van der Waals surface area contributed by atoms with Gasteiger partial charge in [0.05, 0.1) is 19.9 Å². The molecule has 36 heavy (non-hydrogen) atoms. The molecule has 0 atom stereocenters. The predicted molar refractivity (Wildman–Crippen MR) is 140 cm³/mol. The maximum atomic E-state index is 12.8. The largest absolute Gasteiger partial charge is 0.497 e. The number of methoxy groups -OCH3 is 1. The van der Waals surface area contributed by atoms with Gasteiger partial charge >= 0.3 is 0 Å². The number of benzene rings is 4. The highest BCUT2D eigenvalue weighted by atomic mass is 16.5. The van der Waals surface area contributed by atoms with Crippen LogP contribution in [0.3, 0.4) is 0 Å². The second-order valence-electron chi connectivity index (χ2n) is 8.31. The van der Waals surface area contributed by atoms with Crippen LogP contribution in [0.5, 0.6) is 11.5 Å². The van der Waals surface area contributed by atoms with Gasteiger partial charge < -0.3 is 9.47 Å². The second kappa shape index (κ2) is 10.7. The van der Waals surface area contributed by atoms with E-state index in [2.05, 4.69) is 22.4 Å². The number of fused-ring (bicyclic) bond motifs is 1. The number of allylic oxidation sites excluding steroid dienone is 1. The van der Waals surface area contributed by atoms with Crippen LogP contribution in [0, 0.1) is 0 Å². The van der Waals surface area contributed by atoms with E-state index in [4.69, 9.17) is 9.47 Å². The summed E-state index contributed by atoms with van der Waals surface area (Å²) in [6.45, 7) is 0.908. The Morgan fingerprint density at radius 1 is 0.917 bits per heavy atom. The highest BCUT2D eigenvalue weighted by Gasteiger charge is 2.10. The summed E-state index contributed by atoms with van der Waals surface area (Å²) in [5.74, 6) is 1.28. The van der Waals surface area contributed by atoms with Gasteiger partial charge in [-0.2, -0.15) is 0 Å². The standard InChI is InChI=1S/C30H25N3O3/c1-35-26-14-11-24(12-15-26)29(34)17-16-28-27-10-6-5-9-23(27)13-18-30(28)36-21-25-20-33(32-31-25)19-22-7-3-2-4-8-22/h2-18,20H,19,21H2,1H3/b17-16+. The molecule has 0 fully saturated rings. The number of carbonyl (C=O) groups excluding carboxylic acids is 1. The van der Waals surface area contributed by atoms with Gasteiger partial charge in [0.25, 0.3) is 0 Å². The maximum Gasteiger partial charge on any atom is 0.185 e. The zero-order chi connectivity index (χ0) is 24.7. The van der Waals surface area contributed by atoms with Gasteiger partial charge in [-0.05, 0) is 58.8 Å². The van der Waals surface area contributed by atoms with Gasteiger partial charge in [0.15, 0.2) is 5.78 Å². The summed E-state index contributed by atoms with van der Waals surface area (Å²) < 4.78 is 13.1. The number of hydrogen-bond acceptors (Lipinski definition) is 5. The van der Waals surface area contributed by atoms with E-state index < -0.39 is 0 Å². The van der Waals surface area contributed by atoms with Gasteiger partial charge in [-0.1, -0.05) is 65.9 Å². The molecule has 0 aliphatic carbocycles. The number of ketones is 1. The first-order valence-electron chi connectivity index (χ1n) is 11.6. The Labute approximate surface area is 209 Å². The third kappa shape index (κ3) is 5.33. The highest BCUT2D eigenvalue weighted by Crippen LogP contribution is 2.30. The van der Waals surface area contributed by atoms with Crippen molar-refractivity contribution in [2.75, 3.05) is 7.11 Å². The SMILES string of the molecule is COc1ccc(C(=O)/C=C/c2c(OCc3cn(Cc4ccccc4)nn3)ccc3ccccc23)cc1. The molecular formula is C30H25N3O3. The van der Waals surface area contributed by atoms with E-state index in [0.717, 1.165) is 27.6 Å². The molecule has 5 rings (SSSR count). The predicted octanol–water partition coefficient (Wildman–Crippen LogP) is 5.96. The maximum absolute atomic E-state index is 12.8. The minimum atomic E-state index is -0.0969. The van der Waals surface area contributed by atoms with Crippen LogP contribution in [0.1, 0.15) is 27.2 Å². The summed E-state index contributed by atoms with van der Waals surface area (Å²) in [5.41, 5.74) is 3.30. The lowest BCUT2D eigenvalue weighted by Gasteiger charge is -2.11. The molecule has 0 unspecified atom stereocenters. The summed E-state index contributed by atoms with van der Waals surface area (Å²) in [5, 5.41) is 10.5. The number of rotatable bonds is 9. The Balaban J connectivity index is 1.36. The highest BCUT2D eigenvalue weighted by molar-refractivity contribution is 6.08. The number of carbonyl (C=O) groups is 1. The molecule has 0 spiro atoms. The topological polar surface area (TPSA) is 66.2 Å². The third-order valence-corrected chi connectivity index (χ3v) is 5.86. The minimum absolute atomic E-state index is 0.0969. The Morgan fingerprint density at radius 3 is 2.50 bits per heavy atom. The van der Waals surface area contributed by atoms with E-state index in [0.29, 0.717) is 23.6 Å². The summed E-state index contributed by atoms with van der Waals surface area (Å²) in [7, 11) is 1.60. The molecule has 0 radical (unpaired) electrons. The van der Waals surface area contributed by atoms with Crippen molar-refractivity contribution in [3.63, 3.8) is 0 Å². The molecule has 1 aromatic heterocycles. The quantitative estimate of drug-likeness (QED) is 0.194. The molecule has 0 aliphatic heterocycles. The molecule has 6 nitrogen and oxygen atoms in total. The molecule has 0 amide bonds. The molecule has 0 saturated heterocycles. The summed E-state index contributed by atoms with van der Waals surface area (Å²) >= 11 is 0. The van der Waals surface area contributed by atoms with Crippen molar-refractivity contribution in [2.24, 2.45) is 0 Å². The van der Waals surface area contributed by atoms with Crippen LogP contribution in [0.25, 0.3) is 16.8 Å². The van der Waals surface area contributed by atoms with E-state index in [1.807, 2.05) is 66.9 Å². The van der Waals surface area contributed by atoms with Crippen molar-refractivity contribution >= 4 is 22.6 Å². The average molecular weight is 476 g/mol. The van der Waals surface area contributed by atoms with Crippen LogP contribution in [-0.2, 0) is 13.2 Å². The van der Waals surface area contributed by atoms with Gasteiger partial charge in [0.2, 0.25) is 0 Å². The number of nitrogens with zero attached hydrogens (tertiary/aromatic N) is 3. The Morgan fingerprint density at radius 2 is 1.69 bits per heavy atom. The molecule has 178 valence electrons. The van der Waals surface area contributed by atoms with E-state index in [1.165, 1.54) is 0 Å². The van der Waals surface area contributed by atoms with Crippen LogP contribution in [0.4, 0.5) is 0 Å². The van der Waals surface area contributed by atoms with Crippen LogP contribution < -0.4 is 9.47 Å². The molecule has 4 aromatic carbocycles. The fourth-order valence-electron chi connectivity index (χ4n) is 3.99. The molecular weight excluding hydrogens is 450 g/mol. The lowest BCUT2D eigenvalue weighted by Crippen LogP contribution is -2.00. The average Bonchev–Trinajstić information content (AvgIpc) is 3.38. The second-order valence-corrected chi connectivity index (χ2v) is 8.31. The number of hydrogen-bond donors (Lipinski definition) is 0. The van der Waals surface area contributed by atoms with Crippen LogP contribution >= 0.6 is 0 Å². The van der Waals surface area contributed by atoms with E-state index in [1.54, 1.807) is 42.1 Å². The summed E-state index contributed by atoms with van der Waals surface area (Å²) in [6.07, 6.45) is 5.28. The Hall–Kier alpha value is -4.71. The van der Waals surface area contributed by atoms with Gasteiger partial charge in [-0.15, -0.1) is 5.10 Å². The van der Waals surface area contributed by atoms with Gasteiger partial charge in [-0.25, -0.2) is 4.68 Å². The molecule has 1 heterocycles. The molecule has 0 bridgehead atoms. The van der Waals surface area contributed by atoms with E-state index >= 15 is 0 Å². The molecule has 5 aromatic rings. The van der Waals surface area contributed by atoms with Gasteiger partial charge in [0.1, 0.15) is 23.8 Å². The summed E-state index contributed by atoms with van der Waals surface area (Å²) in [4.78, 5) is 12.8. The fraction of sp³-hybridized carbons (Fsp3) is 0.100. The monoisotopic (exact) mass is 475 g/mol.